The summed E-state index contributed by atoms with van der Waals surface area (Å²) in [4.78, 5) is 111. The molecule has 0 amide bonds. The van der Waals surface area contributed by atoms with Gasteiger partial charge in [0.1, 0.15) is 73.6 Å². The maximum absolute atomic E-state index is 13.1. The highest BCUT2D eigenvalue weighted by molar-refractivity contribution is 9.09. The fraction of sp³-hybridized carbons (Fsp3) is 0.298. The molecular weight excluding hydrogens is 1630 g/mol. The van der Waals surface area contributed by atoms with Gasteiger partial charge in [-0.05, 0) is 172 Å². The normalized spacial score (nSPS) is 11.2. The van der Waals surface area contributed by atoms with Gasteiger partial charge in [-0.1, -0.05) is 65.8 Å². The Morgan fingerprint density at radius 3 is 1.29 bits per heavy atom. The molecule has 0 bridgehead atoms. The molecule has 9 aromatic heterocycles. The number of aliphatic hydroxyl groups is 2. The summed E-state index contributed by atoms with van der Waals surface area (Å²) in [5.41, 5.74) is 11.3. The van der Waals surface area contributed by atoms with Crippen LogP contribution in [0.15, 0.2) is 178 Å². The SMILES string of the molecule is C.C1CCOC1.C=C(OCC)c1nccc2c(=O)n(Cc3ccc(OC)cc3C)cnc12.CCO.COc1ccc(Cn2cnc3c(-c4csc(NCCO)n4)nccc3c2=O)c(C)c1.COc1ccc(Cn2cnc3c(C(=O)CBr)nccc3c2=O)c(C)c1.COc1ccc(Cn2cnc3c(Cl)nccc3c2=O)c(C)c1.O=CC(F)(F)F. The molecule has 10 heterocycles. The maximum atomic E-state index is 13.1. The Morgan fingerprint density at radius 2 is 0.932 bits per heavy atom. The highest BCUT2D eigenvalue weighted by Gasteiger charge is 2.25. The fourth-order valence-corrected chi connectivity index (χ4v) is 12.6. The minimum atomic E-state index is -4.64. The molecule has 0 atom stereocenters. The number of hydrogen-bond donors (Lipinski definition) is 3. The third-order valence-electron chi connectivity index (χ3n) is 17.5. The molecule has 0 unspecified atom stereocenters. The monoisotopic (exact) mass is 1720 g/mol. The minimum absolute atomic E-state index is 0. The standard InChI is InChI=1S/C21H21N5O3S.C20H21N3O3.C18H16BrN3O3.C16H14ClN3O2.C4H8O.C2HF3O.C2H6O.CH4/c1-13-9-15(29-2)4-3-14(13)10-26-12-24-18-16(20(26)28)5-6-22-19(18)17-11-30-21(25-17)23-7-8-27;1-5-26-14(3)18-19-17(8-9-21-18)20(24)23(12-22-19)11-15-6-7-16(25-4)10-13(15)2;1-11-7-13(25-2)4-3-12(11)9-22-10-21-16-14(18(22)24)5-6-20-17(16)15(23)8-19;1-10-7-12(22-2)4-3-11(10)8-20-9-19-14-13(16(20)21)5-6-18-15(14)17;1-2-4-5-3-1;3-2(4,5)1-6;1-2-3;/h3-6,9,11-12,27H,7-8,10H2,1-2H3,(H,23,25);6-10,12H,3,5,11H2,1-2,4H3;3-7,10H,8-9H2,1-2H3;3-7,9H,8H2,1-2H3;1-4H2;1H;3H,2H2,1H3;1H4. The number of ketones is 1. The van der Waals surface area contributed by atoms with E-state index < -0.39 is 12.5 Å². The summed E-state index contributed by atoms with van der Waals surface area (Å²) in [5, 5.41) is 24.3. The summed E-state index contributed by atoms with van der Waals surface area (Å²) in [6.07, 6.45) is 9.06. The summed E-state index contributed by atoms with van der Waals surface area (Å²) in [7, 11) is 6.51. The summed E-state index contributed by atoms with van der Waals surface area (Å²) < 4.78 is 68.8. The van der Waals surface area contributed by atoms with Gasteiger partial charge in [-0.3, -0.25) is 62.0 Å². The molecule has 3 N–H and O–H groups in total. The minimum Gasteiger partial charge on any atom is -0.497 e. The first kappa shape index (κ1) is 93.2. The second kappa shape index (κ2) is 45.5. The average Bonchev–Trinajstić information content (AvgIpc) is 1.33. The molecule has 1 saturated heterocycles. The zero-order chi connectivity index (χ0) is 84.9. The van der Waals surface area contributed by atoms with Crippen molar-refractivity contribution in [3.8, 4) is 34.4 Å². The van der Waals surface area contributed by atoms with Crippen molar-refractivity contribution in [2.24, 2.45) is 0 Å². The molecule has 1 aliphatic heterocycles. The van der Waals surface area contributed by atoms with Crippen molar-refractivity contribution < 1.29 is 61.4 Å². The number of aromatic nitrogens is 13. The van der Waals surface area contributed by atoms with E-state index in [1.54, 1.807) is 98.4 Å². The van der Waals surface area contributed by atoms with Crippen molar-refractivity contribution in [3.63, 3.8) is 0 Å². The molecule has 118 heavy (non-hydrogen) atoms. The number of carbonyl (C=O) groups is 2. The summed E-state index contributed by atoms with van der Waals surface area (Å²) in [6.45, 7) is 20.2. The van der Waals surface area contributed by atoms with Gasteiger partial charge in [-0.15, -0.1) is 11.3 Å². The Hall–Kier alpha value is -12.0. The van der Waals surface area contributed by atoms with Crippen LogP contribution >= 0.6 is 38.9 Å². The van der Waals surface area contributed by atoms with E-state index in [0.29, 0.717) is 111 Å². The van der Waals surface area contributed by atoms with Crippen LogP contribution in [0.1, 0.15) is 94.8 Å². The second-order valence-electron chi connectivity index (χ2n) is 25.4. The molecule has 34 heteroatoms. The quantitative estimate of drug-likeness (QED) is 0.0198. The van der Waals surface area contributed by atoms with Gasteiger partial charge in [0.2, 0.25) is 6.29 Å². The fourth-order valence-electron chi connectivity index (χ4n) is 11.4. The molecular formula is C84H91BrClF3N14O14S. The van der Waals surface area contributed by atoms with E-state index in [4.69, 9.17) is 55.0 Å². The lowest BCUT2D eigenvalue weighted by molar-refractivity contribution is -0.156. The average molecular weight is 1730 g/mol. The Bertz CT molecular complexity index is 5860. The number of nitrogens with one attached hydrogen (secondary N) is 1. The molecule has 13 aromatic rings. The molecule has 4 aromatic carbocycles. The van der Waals surface area contributed by atoms with Crippen LogP contribution in [-0.4, -0.2) is 165 Å². The number of aliphatic hydroxyl groups excluding tert-OH is 2. The van der Waals surface area contributed by atoms with Crippen LogP contribution < -0.4 is 46.5 Å². The van der Waals surface area contributed by atoms with E-state index in [9.17, 15) is 37.1 Å². The number of pyridine rings is 4. The van der Waals surface area contributed by atoms with Crippen LogP contribution in [0.3, 0.4) is 0 Å². The molecule has 0 aliphatic carbocycles. The summed E-state index contributed by atoms with van der Waals surface area (Å²) in [5.74, 6) is 3.35. The zero-order valence-electron chi connectivity index (χ0n) is 65.8. The van der Waals surface area contributed by atoms with Gasteiger partial charge in [0.15, 0.2) is 16.1 Å². The number of aldehydes is 1. The summed E-state index contributed by atoms with van der Waals surface area (Å²) >= 11 is 10.5. The van der Waals surface area contributed by atoms with Crippen molar-refractivity contribution in [1.82, 2.24) is 63.1 Å². The predicted octanol–water partition coefficient (Wildman–Crippen LogP) is 13.6. The lowest BCUT2D eigenvalue weighted by Gasteiger charge is -2.12. The Balaban J connectivity index is 0.000000206. The van der Waals surface area contributed by atoms with Crippen molar-refractivity contribution >= 4 is 105 Å². The number of anilines is 1. The maximum Gasteiger partial charge on any atom is 0.446 e. The van der Waals surface area contributed by atoms with Crippen LogP contribution in [-0.2, 0) is 40.4 Å². The first-order chi connectivity index (χ1) is 56.3. The first-order valence-corrected chi connectivity index (χ1v) is 38.7. The first-order valence-electron chi connectivity index (χ1n) is 36.3. The van der Waals surface area contributed by atoms with E-state index in [0.717, 1.165) is 80.7 Å². The van der Waals surface area contributed by atoms with Crippen molar-refractivity contribution in [2.45, 2.75) is 94.2 Å². The largest absolute Gasteiger partial charge is 0.497 e. The van der Waals surface area contributed by atoms with Gasteiger partial charge in [-0.2, -0.15) is 13.2 Å². The van der Waals surface area contributed by atoms with E-state index in [1.165, 1.54) is 53.8 Å². The van der Waals surface area contributed by atoms with Gasteiger partial charge >= 0.3 is 6.18 Å². The number of Topliss-reactive ketones (excluding diaryl/α,β-unsaturated/α-hetero) is 1. The van der Waals surface area contributed by atoms with Crippen LogP contribution in [0.25, 0.3) is 60.8 Å². The van der Waals surface area contributed by atoms with Gasteiger partial charge in [0.05, 0.1) is 120 Å². The van der Waals surface area contributed by atoms with Crippen molar-refractivity contribution in [2.75, 3.05) is 78.7 Å². The molecule has 1 fully saturated rings. The number of hydrogen-bond acceptors (Lipinski definition) is 25. The van der Waals surface area contributed by atoms with Crippen LogP contribution in [0, 0.1) is 27.7 Å². The van der Waals surface area contributed by atoms with Crippen LogP contribution in [0.2, 0.25) is 5.15 Å². The second-order valence-corrected chi connectivity index (χ2v) is 27.2. The number of alkyl halides is 4. The van der Waals surface area contributed by atoms with Gasteiger partial charge in [0, 0.05) is 56.5 Å². The Kier molecular flexibility index (Phi) is 35.9. The highest BCUT2D eigenvalue weighted by Crippen LogP contribution is 2.29. The topological polar surface area (TPSA) is 346 Å². The zero-order valence-corrected chi connectivity index (χ0v) is 69.0. The molecule has 0 saturated carbocycles. The lowest BCUT2D eigenvalue weighted by Crippen LogP contribution is -2.22. The molecule has 1 aliphatic rings. The third kappa shape index (κ3) is 25.0. The molecule has 28 nitrogen and oxygen atoms in total. The number of benzene rings is 4. The number of methoxy groups -OCH3 is 4. The smallest absolute Gasteiger partial charge is 0.446 e. The number of fused-ring (bicyclic) bond motifs is 4. The van der Waals surface area contributed by atoms with Crippen LogP contribution in [0.5, 0.6) is 23.0 Å². The van der Waals surface area contributed by atoms with Gasteiger partial charge < -0.3 is 44.0 Å². The number of rotatable bonds is 21. The van der Waals surface area contributed by atoms with Crippen LogP contribution in [0.4, 0.5) is 18.3 Å². The molecule has 14 rings (SSSR count). The van der Waals surface area contributed by atoms with Gasteiger partial charge in [0.25, 0.3) is 22.2 Å². The Morgan fingerprint density at radius 1 is 0.576 bits per heavy atom. The number of ether oxygens (including phenoxy) is 6. The van der Waals surface area contributed by atoms with Crippen molar-refractivity contribution in [1.29, 1.82) is 0 Å². The van der Waals surface area contributed by atoms with E-state index in [1.807, 2.05) is 113 Å². The number of nitrogens with zero attached hydrogens (tertiary/aromatic N) is 13. The van der Waals surface area contributed by atoms with E-state index in [-0.39, 0.29) is 64.8 Å². The lowest BCUT2D eigenvalue weighted by atomic mass is 10.1. The number of thiazole rings is 1. The summed E-state index contributed by atoms with van der Waals surface area (Å²) in [6, 6.07) is 29.6. The van der Waals surface area contributed by atoms with Crippen molar-refractivity contribution in [3.05, 3.63) is 262 Å². The number of carbonyl (C=O) groups excluding carboxylic acids is 2. The van der Waals surface area contributed by atoms with E-state index >= 15 is 0 Å². The highest BCUT2D eigenvalue weighted by atomic mass is 79.9. The van der Waals surface area contributed by atoms with E-state index in [2.05, 4.69) is 72.7 Å². The Labute approximate surface area is 694 Å². The number of aryl methyl sites for hydroxylation is 4. The molecule has 0 spiro atoms. The molecule has 622 valence electrons. The molecule has 0 radical (unpaired) electrons. The number of halogens is 5. The third-order valence-corrected chi connectivity index (χ3v) is 19.1. The predicted molar refractivity (Wildman–Crippen MR) is 455 cm³/mol. The van der Waals surface area contributed by atoms with Gasteiger partial charge in [-0.25, -0.2) is 29.9 Å².